The van der Waals surface area contributed by atoms with E-state index >= 15 is 0 Å². The lowest BCUT2D eigenvalue weighted by Gasteiger charge is -2.18. The summed E-state index contributed by atoms with van der Waals surface area (Å²) in [7, 11) is 0. The zero-order chi connectivity index (χ0) is 19.6. The maximum Gasteiger partial charge on any atom is 0.328 e. The average molecular weight is 358 g/mol. The normalized spacial score (nSPS) is 13.6. The van der Waals surface area contributed by atoms with E-state index in [1.807, 2.05) is 23.6 Å². The third-order valence-electron chi connectivity index (χ3n) is 4.57. The van der Waals surface area contributed by atoms with E-state index in [1.54, 1.807) is 6.08 Å². The van der Waals surface area contributed by atoms with Crippen molar-refractivity contribution in [3.8, 4) is 0 Å². The molecule has 1 aromatic heterocycles. The van der Waals surface area contributed by atoms with Crippen molar-refractivity contribution in [1.82, 2.24) is 9.88 Å². The summed E-state index contributed by atoms with van der Waals surface area (Å²) >= 11 is 0. The monoisotopic (exact) mass is 358 g/mol. The number of fused-ring (bicyclic) bond motifs is 1. The molecule has 0 spiro atoms. The number of carboxylic acid groups (broad SMARTS) is 1. The maximum atomic E-state index is 12.8. The number of nitrogens with zero attached hydrogens (tertiary/aromatic N) is 1. The van der Waals surface area contributed by atoms with Crippen LogP contribution in [0.5, 0.6) is 0 Å². The van der Waals surface area contributed by atoms with E-state index in [0.29, 0.717) is 18.2 Å². The predicted octanol–water partition coefficient (Wildman–Crippen LogP) is 2.82. The molecule has 0 fully saturated rings. The Labute approximate surface area is 153 Å². The number of hydrogen-bond donors (Lipinski definition) is 3. The summed E-state index contributed by atoms with van der Waals surface area (Å²) in [6.45, 7) is 11.6. The number of nitrogens with one attached hydrogen (secondary N) is 1. The second kappa shape index (κ2) is 7.74. The highest BCUT2D eigenvalue weighted by Crippen LogP contribution is 2.29. The molecule has 26 heavy (non-hydrogen) atoms. The van der Waals surface area contributed by atoms with Gasteiger partial charge in [0, 0.05) is 17.4 Å². The Morgan fingerprint density at radius 3 is 2.46 bits per heavy atom. The van der Waals surface area contributed by atoms with Gasteiger partial charge in [-0.05, 0) is 43.0 Å². The van der Waals surface area contributed by atoms with E-state index in [0.717, 1.165) is 22.0 Å². The van der Waals surface area contributed by atoms with Gasteiger partial charge in [0.2, 0.25) is 0 Å². The molecule has 3 N–H and O–H groups in total. The van der Waals surface area contributed by atoms with Crippen LogP contribution in [0.2, 0.25) is 0 Å². The molecule has 0 saturated heterocycles. The minimum absolute atomic E-state index is 0.352. The lowest BCUT2D eigenvalue weighted by atomic mass is 10.0. The summed E-state index contributed by atoms with van der Waals surface area (Å²) < 4.78 is 1.82. The van der Waals surface area contributed by atoms with Gasteiger partial charge in [-0.15, -0.1) is 6.58 Å². The molecule has 6 heteroatoms. The van der Waals surface area contributed by atoms with Gasteiger partial charge in [0.25, 0.3) is 5.91 Å². The van der Waals surface area contributed by atoms with E-state index in [2.05, 4.69) is 31.8 Å². The summed E-state index contributed by atoms with van der Waals surface area (Å²) in [5.74, 6) is -1.45. The fraction of sp³-hybridized carbons (Fsp3) is 0.400. The van der Waals surface area contributed by atoms with Gasteiger partial charge in [0.1, 0.15) is 5.69 Å². The highest BCUT2D eigenvalue weighted by Gasteiger charge is 2.28. The number of amides is 1. The van der Waals surface area contributed by atoms with Gasteiger partial charge in [0.15, 0.2) is 6.04 Å². The molecule has 6 nitrogen and oxygen atoms in total. The van der Waals surface area contributed by atoms with Crippen LogP contribution in [0.1, 0.15) is 48.3 Å². The van der Waals surface area contributed by atoms with Gasteiger partial charge < -0.3 is 20.1 Å². The second-order valence-corrected chi connectivity index (χ2v) is 6.83. The van der Waals surface area contributed by atoms with Crippen molar-refractivity contribution in [2.24, 2.45) is 0 Å². The first-order chi connectivity index (χ1) is 12.2. The van der Waals surface area contributed by atoms with Crippen LogP contribution in [0.4, 0.5) is 0 Å². The fourth-order valence-corrected chi connectivity index (χ4v) is 3.11. The van der Waals surface area contributed by atoms with Crippen LogP contribution in [0.25, 0.3) is 10.9 Å². The van der Waals surface area contributed by atoms with E-state index in [9.17, 15) is 19.8 Å². The number of aliphatic hydroxyl groups excluding tert-OH is 1. The number of aromatic nitrogens is 1. The van der Waals surface area contributed by atoms with E-state index in [4.69, 9.17) is 0 Å². The first-order valence-corrected chi connectivity index (χ1v) is 8.64. The number of allylic oxidation sites excluding steroid dienone is 1. The Kier molecular flexibility index (Phi) is 5.87. The highest BCUT2D eigenvalue weighted by molar-refractivity contribution is 6.03. The lowest BCUT2D eigenvalue weighted by molar-refractivity contribution is -0.141. The zero-order valence-corrected chi connectivity index (χ0v) is 15.6. The van der Waals surface area contributed by atoms with Crippen LogP contribution in [-0.2, 0) is 11.3 Å². The molecular weight excluding hydrogens is 332 g/mol. The molecule has 0 aliphatic carbocycles. The molecule has 2 aromatic rings. The number of aryl methyl sites for hydroxylation is 1. The number of rotatable bonds is 7. The van der Waals surface area contributed by atoms with Gasteiger partial charge >= 0.3 is 5.97 Å². The Morgan fingerprint density at radius 1 is 1.31 bits per heavy atom. The minimum atomic E-state index is -1.37. The Balaban J connectivity index is 2.59. The smallest absolute Gasteiger partial charge is 0.328 e. The van der Waals surface area contributed by atoms with Crippen molar-refractivity contribution >= 4 is 22.8 Å². The Morgan fingerprint density at radius 2 is 1.96 bits per heavy atom. The molecule has 0 bridgehead atoms. The van der Waals surface area contributed by atoms with E-state index < -0.39 is 24.0 Å². The minimum Gasteiger partial charge on any atom is -0.480 e. The number of hydrogen-bond acceptors (Lipinski definition) is 3. The van der Waals surface area contributed by atoms with Gasteiger partial charge in [-0.25, -0.2) is 4.79 Å². The van der Waals surface area contributed by atoms with Crippen molar-refractivity contribution in [3.05, 3.63) is 47.7 Å². The molecule has 2 atom stereocenters. The van der Waals surface area contributed by atoms with Crippen LogP contribution >= 0.6 is 0 Å². The van der Waals surface area contributed by atoms with Gasteiger partial charge in [-0.1, -0.05) is 26.0 Å². The average Bonchev–Trinajstić information content (AvgIpc) is 2.84. The number of carbonyl (C=O) groups is 2. The quantitative estimate of drug-likeness (QED) is 0.664. The maximum absolute atomic E-state index is 12.8. The molecule has 1 heterocycles. The van der Waals surface area contributed by atoms with Crippen LogP contribution in [0, 0.1) is 6.92 Å². The number of aliphatic hydroxyl groups is 1. The van der Waals surface area contributed by atoms with Crippen molar-refractivity contribution in [2.75, 3.05) is 0 Å². The lowest BCUT2D eigenvalue weighted by Crippen LogP contribution is -2.48. The largest absolute Gasteiger partial charge is 0.480 e. The number of carbonyl (C=O) groups excluding carboxylic acids is 1. The number of aliphatic carboxylic acids is 1. The first-order valence-electron chi connectivity index (χ1n) is 8.64. The topological polar surface area (TPSA) is 91.6 Å². The molecule has 1 aromatic carbocycles. The molecule has 0 aliphatic rings. The van der Waals surface area contributed by atoms with E-state index in [1.165, 1.54) is 6.92 Å². The van der Waals surface area contributed by atoms with Crippen molar-refractivity contribution in [3.63, 3.8) is 0 Å². The molecule has 1 amide bonds. The molecule has 0 saturated carbocycles. The van der Waals surface area contributed by atoms with Crippen molar-refractivity contribution < 1.29 is 19.8 Å². The summed E-state index contributed by atoms with van der Waals surface area (Å²) in [6, 6.07) is 4.70. The summed E-state index contributed by atoms with van der Waals surface area (Å²) in [5.41, 5.74) is 3.21. The Bertz CT molecular complexity index is 849. The molecule has 0 aliphatic heterocycles. The van der Waals surface area contributed by atoms with Gasteiger partial charge in [-0.2, -0.15) is 0 Å². The van der Waals surface area contributed by atoms with Crippen LogP contribution in [-0.4, -0.2) is 38.8 Å². The van der Waals surface area contributed by atoms with Gasteiger partial charge in [-0.3, -0.25) is 4.79 Å². The molecule has 140 valence electrons. The fourth-order valence-electron chi connectivity index (χ4n) is 3.11. The number of benzene rings is 1. The standard InChI is InChI=1S/C20H26N2O4/c1-6-9-22-16-8-7-14(11(2)3)10-15(16)12(4)18(22)19(24)21-17(13(5)23)20(25)26/h6-8,10-11,13,17,23H,1,9H2,2-5H3,(H,21,24)(H,25,26). The van der Waals surface area contributed by atoms with Crippen molar-refractivity contribution in [1.29, 1.82) is 0 Å². The van der Waals surface area contributed by atoms with Gasteiger partial charge in [0.05, 0.1) is 6.10 Å². The molecule has 2 unspecified atom stereocenters. The SMILES string of the molecule is C=CCn1c(C(=O)NC(C(=O)O)C(C)O)c(C)c2cc(C(C)C)ccc21. The molecular formula is C20H26N2O4. The van der Waals surface area contributed by atoms with Crippen LogP contribution in [0.3, 0.4) is 0 Å². The zero-order valence-electron chi connectivity index (χ0n) is 15.6. The molecule has 2 rings (SSSR count). The summed E-state index contributed by atoms with van der Waals surface area (Å²) in [5, 5.41) is 22.2. The van der Waals surface area contributed by atoms with Crippen molar-refractivity contribution in [2.45, 2.75) is 52.3 Å². The van der Waals surface area contributed by atoms with Crippen LogP contribution < -0.4 is 5.32 Å². The predicted molar refractivity (Wildman–Crippen MR) is 102 cm³/mol. The Hall–Kier alpha value is -2.60. The third kappa shape index (κ3) is 3.65. The number of carboxylic acids is 1. The van der Waals surface area contributed by atoms with Crippen LogP contribution in [0.15, 0.2) is 30.9 Å². The van der Waals surface area contributed by atoms with E-state index in [-0.39, 0.29) is 0 Å². The summed E-state index contributed by atoms with van der Waals surface area (Å²) in [4.78, 5) is 24.1. The molecule has 0 radical (unpaired) electrons. The highest BCUT2D eigenvalue weighted by atomic mass is 16.4. The first kappa shape index (κ1) is 19.7. The summed E-state index contributed by atoms with van der Waals surface area (Å²) in [6.07, 6.45) is 0.483. The third-order valence-corrected chi connectivity index (χ3v) is 4.57. The second-order valence-electron chi connectivity index (χ2n) is 6.83.